The second kappa shape index (κ2) is 5.45. The van der Waals surface area contributed by atoms with Crippen LogP contribution in [0.4, 0.5) is 0 Å². The number of amides is 2. The summed E-state index contributed by atoms with van der Waals surface area (Å²) in [5.41, 5.74) is 10.5. The molecule has 5 nitrogen and oxygen atoms in total. The predicted octanol–water partition coefficient (Wildman–Crippen LogP) is 0.557. The Kier molecular flexibility index (Phi) is 4.08. The molecule has 2 rings (SSSR count). The van der Waals surface area contributed by atoms with E-state index in [2.05, 4.69) is 0 Å². The number of piperidine rings is 1. The second-order valence-electron chi connectivity index (χ2n) is 5.62. The highest BCUT2D eigenvalue weighted by Crippen LogP contribution is 2.40. The van der Waals surface area contributed by atoms with Crippen LogP contribution in [-0.4, -0.2) is 34.8 Å². The number of thiocarbonyl (C=S) groups is 1. The topological polar surface area (TPSA) is 89.4 Å². The highest BCUT2D eigenvalue weighted by molar-refractivity contribution is 7.80. The molecule has 1 heterocycles. The van der Waals surface area contributed by atoms with Gasteiger partial charge in [0.05, 0.1) is 10.4 Å². The zero-order chi connectivity index (χ0) is 14.0. The first-order valence-corrected chi connectivity index (χ1v) is 7.27. The SMILES string of the molecule is NC(=O)C1CCN(C(=O)C2(C(N)=S)CCCC2)CC1. The summed E-state index contributed by atoms with van der Waals surface area (Å²) in [5.74, 6) is -0.314. The summed E-state index contributed by atoms with van der Waals surface area (Å²) in [6.07, 6.45) is 4.82. The lowest BCUT2D eigenvalue weighted by atomic mass is 9.83. The van der Waals surface area contributed by atoms with Crippen molar-refractivity contribution in [1.29, 1.82) is 0 Å². The summed E-state index contributed by atoms with van der Waals surface area (Å²) >= 11 is 5.13. The third kappa shape index (κ3) is 2.59. The van der Waals surface area contributed by atoms with Gasteiger partial charge in [-0.15, -0.1) is 0 Å². The Labute approximate surface area is 118 Å². The quantitative estimate of drug-likeness (QED) is 0.740. The van der Waals surface area contributed by atoms with E-state index in [1.165, 1.54) is 0 Å². The van der Waals surface area contributed by atoms with Gasteiger partial charge in [-0.1, -0.05) is 25.1 Å². The zero-order valence-corrected chi connectivity index (χ0v) is 11.9. The maximum absolute atomic E-state index is 12.7. The standard InChI is InChI=1S/C13H21N3O2S/c14-10(17)9-3-7-16(8-4-9)12(18)13(11(15)19)5-1-2-6-13/h9H,1-8H2,(H2,14,17)(H2,15,19). The Morgan fingerprint density at radius 1 is 1.11 bits per heavy atom. The summed E-state index contributed by atoms with van der Waals surface area (Å²) in [5, 5.41) is 0. The molecule has 0 aromatic heterocycles. The normalized spacial score (nSPS) is 23.3. The van der Waals surface area contributed by atoms with Crippen molar-refractivity contribution in [2.24, 2.45) is 22.8 Å². The minimum Gasteiger partial charge on any atom is -0.392 e. The molecular weight excluding hydrogens is 262 g/mol. The molecule has 1 aliphatic carbocycles. The first kappa shape index (κ1) is 14.2. The van der Waals surface area contributed by atoms with Gasteiger partial charge in [0.25, 0.3) is 0 Å². The molecule has 1 saturated heterocycles. The van der Waals surface area contributed by atoms with Crippen LogP contribution in [0.3, 0.4) is 0 Å². The van der Waals surface area contributed by atoms with Crippen LogP contribution in [0, 0.1) is 11.3 Å². The zero-order valence-electron chi connectivity index (χ0n) is 11.1. The molecule has 0 bridgehead atoms. The number of likely N-dealkylation sites (tertiary alicyclic amines) is 1. The minimum absolute atomic E-state index is 0.0559. The number of hydrogen-bond acceptors (Lipinski definition) is 3. The maximum Gasteiger partial charge on any atom is 0.235 e. The molecule has 0 unspecified atom stereocenters. The van der Waals surface area contributed by atoms with Gasteiger partial charge in [0.1, 0.15) is 0 Å². The molecule has 0 spiro atoms. The molecule has 106 valence electrons. The van der Waals surface area contributed by atoms with E-state index >= 15 is 0 Å². The van der Waals surface area contributed by atoms with Gasteiger partial charge in [-0.3, -0.25) is 9.59 Å². The third-order valence-electron chi connectivity index (χ3n) is 4.52. The van der Waals surface area contributed by atoms with E-state index in [1.54, 1.807) is 0 Å². The number of rotatable bonds is 3. The molecule has 2 amide bonds. The summed E-state index contributed by atoms with van der Waals surface area (Å²) in [6, 6.07) is 0. The predicted molar refractivity (Wildman–Crippen MR) is 76.2 cm³/mol. The summed E-state index contributed by atoms with van der Waals surface area (Å²) < 4.78 is 0. The van der Waals surface area contributed by atoms with Crippen LogP contribution in [0.15, 0.2) is 0 Å². The molecule has 1 aliphatic heterocycles. The van der Waals surface area contributed by atoms with E-state index in [1.807, 2.05) is 4.90 Å². The van der Waals surface area contributed by atoms with Gasteiger partial charge in [0.15, 0.2) is 0 Å². The monoisotopic (exact) mass is 283 g/mol. The Bertz CT molecular complexity index is 397. The van der Waals surface area contributed by atoms with Crippen LogP contribution in [-0.2, 0) is 9.59 Å². The van der Waals surface area contributed by atoms with Crippen LogP contribution >= 0.6 is 12.2 Å². The van der Waals surface area contributed by atoms with Gasteiger partial charge >= 0.3 is 0 Å². The Morgan fingerprint density at radius 3 is 2.05 bits per heavy atom. The fraction of sp³-hybridized carbons (Fsp3) is 0.769. The lowest BCUT2D eigenvalue weighted by Crippen LogP contribution is -2.52. The molecule has 0 atom stereocenters. The first-order chi connectivity index (χ1) is 8.97. The Morgan fingerprint density at radius 2 is 1.63 bits per heavy atom. The highest BCUT2D eigenvalue weighted by Gasteiger charge is 2.46. The molecule has 2 aliphatic rings. The molecule has 0 aromatic rings. The average Bonchev–Trinajstić information content (AvgIpc) is 2.88. The molecule has 0 radical (unpaired) electrons. The number of carbonyl (C=O) groups excluding carboxylic acids is 2. The van der Waals surface area contributed by atoms with E-state index in [4.69, 9.17) is 23.7 Å². The number of nitrogens with zero attached hydrogens (tertiary/aromatic N) is 1. The summed E-state index contributed by atoms with van der Waals surface area (Å²) in [4.78, 5) is 26.0. The van der Waals surface area contributed by atoms with E-state index in [0.29, 0.717) is 30.9 Å². The number of carbonyl (C=O) groups is 2. The number of nitrogens with two attached hydrogens (primary N) is 2. The van der Waals surface area contributed by atoms with Crippen molar-refractivity contribution < 1.29 is 9.59 Å². The molecule has 19 heavy (non-hydrogen) atoms. The van der Waals surface area contributed by atoms with Crippen molar-refractivity contribution in [3.63, 3.8) is 0 Å². The van der Waals surface area contributed by atoms with Crippen LogP contribution in [0.5, 0.6) is 0 Å². The van der Waals surface area contributed by atoms with Gasteiger partial charge < -0.3 is 16.4 Å². The van der Waals surface area contributed by atoms with Crippen molar-refractivity contribution in [1.82, 2.24) is 4.90 Å². The van der Waals surface area contributed by atoms with E-state index in [-0.39, 0.29) is 17.7 Å². The molecule has 6 heteroatoms. The fourth-order valence-corrected chi connectivity index (χ4v) is 3.51. The van der Waals surface area contributed by atoms with Crippen molar-refractivity contribution in [2.45, 2.75) is 38.5 Å². The van der Waals surface area contributed by atoms with E-state index in [9.17, 15) is 9.59 Å². The third-order valence-corrected chi connectivity index (χ3v) is 4.91. The molecule has 1 saturated carbocycles. The highest BCUT2D eigenvalue weighted by atomic mass is 32.1. The van der Waals surface area contributed by atoms with Gasteiger partial charge in [0, 0.05) is 19.0 Å². The van der Waals surface area contributed by atoms with E-state index < -0.39 is 5.41 Å². The van der Waals surface area contributed by atoms with Gasteiger partial charge in [-0.05, 0) is 25.7 Å². The second-order valence-corrected chi connectivity index (χ2v) is 6.06. The van der Waals surface area contributed by atoms with Crippen molar-refractivity contribution in [3.8, 4) is 0 Å². The van der Waals surface area contributed by atoms with Crippen LogP contribution in [0.1, 0.15) is 38.5 Å². The van der Waals surface area contributed by atoms with Crippen molar-refractivity contribution >= 4 is 29.0 Å². The smallest absolute Gasteiger partial charge is 0.235 e. The van der Waals surface area contributed by atoms with Gasteiger partial charge in [-0.2, -0.15) is 0 Å². The van der Waals surface area contributed by atoms with Crippen molar-refractivity contribution in [2.75, 3.05) is 13.1 Å². The average molecular weight is 283 g/mol. The van der Waals surface area contributed by atoms with Gasteiger partial charge in [-0.25, -0.2) is 0 Å². The largest absolute Gasteiger partial charge is 0.392 e. The lowest BCUT2D eigenvalue weighted by molar-refractivity contribution is -0.141. The Balaban J connectivity index is 2.04. The summed E-state index contributed by atoms with van der Waals surface area (Å²) in [6.45, 7) is 1.16. The summed E-state index contributed by atoms with van der Waals surface area (Å²) in [7, 11) is 0. The first-order valence-electron chi connectivity index (χ1n) is 6.86. The molecule has 2 fully saturated rings. The minimum atomic E-state index is -0.630. The van der Waals surface area contributed by atoms with Crippen molar-refractivity contribution in [3.05, 3.63) is 0 Å². The molecule has 0 aromatic carbocycles. The van der Waals surface area contributed by atoms with Gasteiger partial charge in [0.2, 0.25) is 11.8 Å². The maximum atomic E-state index is 12.7. The Hall–Kier alpha value is -1.17. The number of hydrogen-bond donors (Lipinski definition) is 2. The number of primary amides is 1. The lowest BCUT2D eigenvalue weighted by Gasteiger charge is -2.37. The van der Waals surface area contributed by atoms with Crippen LogP contribution in [0.25, 0.3) is 0 Å². The fourth-order valence-electron chi connectivity index (χ4n) is 3.21. The molecule has 4 N–H and O–H groups in total. The van der Waals surface area contributed by atoms with E-state index in [0.717, 1.165) is 25.7 Å². The molecular formula is C13H21N3O2S. The van der Waals surface area contributed by atoms with Crippen LogP contribution in [0.2, 0.25) is 0 Å². The van der Waals surface area contributed by atoms with Crippen LogP contribution < -0.4 is 11.5 Å².